The number of rotatable bonds is 2. The zero-order valence-electron chi connectivity index (χ0n) is 10.7. The predicted octanol–water partition coefficient (Wildman–Crippen LogP) is 1.27. The summed E-state index contributed by atoms with van der Waals surface area (Å²) in [7, 11) is 1.44. The highest BCUT2D eigenvalue weighted by atomic mass is 19.1. The van der Waals surface area contributed by atoms with Crippen LogP contribution >= 0.6 is 0 Å². The summed E-state index contributed by atoms with van der Waals surface area (Å²) in [5.74, 6) is 0.640. The van der Waals surface area contributed by atoms with Crippen LogP contribution in [0.2, 0.25) is 0 Å². The van der Waals surface area contributed by atoms with Gasteiger partial charge in [0.2, 0.25) is 0 Å². The Morgan fingerprint density at radius 2 is 2.16 bits per heavy atom. The van der Waals surface area contributed by atoms with Crippen molar-refractivity contribution in [2.45, 2.75) is 6.10 Å². The van der Waals surface area contributed by atoms with Gasteiger partial charge in [0.1, 0.15) is 19.3 Å². The van der Waals surface area contributed by atoms with E-state index in [2.05, 4.69) is 5.32 Å². The molecule has 1 unspecified atom stereocenters. The van der Waals surface area contributed by atoms with Gasteiger partial charge in [-0.2, -0.15) is 0 Å². The molecule has 1 aromatic rings. The molecule has 0 bridgehead atoms. The Balaban J connectivity index is 2.09. The number of hydrogen-bond acceptors (Lipinski definition) is 5. The van der Waals surface area contributed by atoms with E-state index < -0.39 is 5.82 Å². The molecule has 2 aliphatic heterocycles. The Labute approximate surface area is 110 Å². The van der Waals surface area contributed by atoms with E-state index in [1.54, 1.807) is 0 Å². The van der Waals surface area contributed by atoms with Crippen molar-refractivity contribution in [3.05, 3.63) is 17.4 Å². The van der Waals surface area contributed by atoms with Gasteiger partial charge in [0.25, 0.3) is 0 Å². The Morgan fingerprint density at radius 1 is 1.32 bits per heavy atom. The van der Waals surface area contributed by atoms with E-state index in [1.165, 1.54) is 13.2 Å². The summed E-state index contributed by atoms with van der Waals surface area (Å²) in [5.41, 5.74) is 0.587. The van der Waals surface area contributed by atoms with Gasteiger partial charge in [-0.25, -0.2) is 4.39 Å². The van der Waals surface area contributed by atoms with Crippen LogP contribution in [0.15, 0.2) is 6.07 Å². The maximum atomic E-state index is 14.1. The molecule has 1 atom stereocenters. The third kappa shape index (κ3) is 2.21. The molecule has 0 amide bonds. The third-order valence-corrected chi connectivity index (χ3v) is 3.23. The Kier molecular flexibility index (Phi) is 3.44. The normalized spacial score (nSPS) is 22.1. The Hall–Kier alpha value is -1.53. The molecule has 0 saturated carbocycles. The molecule has 3 rings (SSSR count). The maximum Gasteiger partial charge on any atom is 0.171 e. The topological polar surface area (TPSA) is 49.0 Å². The van der Waals surface area contributed by atoms with Crippen molar-refractivity contribution >= 4 is 0 Å². The van der Waals surface area contributed by atoms with E-state index >= 15 is 0 Å². The fraction of sp³-hybridized carbons (Fsp3) is 0.538. The van der Waals surface area contributed by atoms with Crippen LogP contribution in [-0.2, 0) is 4.74 Å². The van der Waals surface area contributed by atoms with Crippen molar-refractivity contribution in [1.82, 2.24) is 5.32 Å². The first-order valence-corrected chi connectivity index (χ1v) is 6.29. The van der Waals surface area contributed by atoms with Gasteiger partial charge in [-0.05, 0) is 0 Å². The van der Waals surface area contributed by atoms with Gasteiger partial charge in [0.15, 0.2) is 23.1 Å². The molecule has 0 aliphatic carbocycles. The predicted molar refractivity (Wildman–Crippen MR) is 65.5 cm³/mol. The summed E-state index contributed by atoms with van der Waals surface area (Å²) in [6, 6.07) is 1.30. The summed E-state index contributed by atoms with van der Waals surface area (Å²) in [6.45, 7) is 2.81. The molecule has 0 aromatic heterocycles. The Bertz CT molecular complexity index is 474. The van der Waals surface area contributed by atoms with Crippen LogP contribution in [0.25, 0.3) is 0 Å². The minimum absolute atomic E-state index is 0.165. The second kappa shape index (κ2) is 5.22. The van der Waals surface area contributed by atoms with Crippen molar-refractivity contribution in [3.63, 3.8) is 0 Å². The minimum atomic E-state index is -0.462. The number of nitrogens with one attached hydrogen (secondary N) is 1. The number of benzene rings is 1. The van der Waals surface area contributed by atoms with Crippen molar-refractivity contribution in [2.24, 2.45) is 0 Å². The SMILES string of the molecule is COc1c(F)cc2c(c1C1CNCCO1)OCCO2. The maximum absolute atomic E-state index is 14.1. The quantitative estimate of drug-likeness (QED) is 0.876. The van der Waals surface area contributed by atoms with E-state index in [9.17, 15) is 4.39 Å². The molecule has 0 radical (unpaired) electrons. The van der Waals surface area contributed by atoms with Crippen LogP contribution in [0.1, 0.15) is 11.7 Å². The monoisotopic (exact) mass is 269 g/mol. The van der Waals surface area contributed by atoms with E-state index in [-0.39, 0.29) is 11.9 Å². The van der Waals surface area contributed by atoms with Gasteiger partial charge in [-0.1, -0.05) is 0 Å². The van der Waals surface area contributed by atoms with Gasteiger partial charge < -0.3 is 24.3 Å². The molecule has 0 spiro atoms. The molecule has 104 valence electrons. The lowest BCUT2D eigenvalue weighted by molar-refractivity contribution is 0.0225. The van der Waals surface area contributed by atoms with Crippen molar-refractivity contribution < 1.29 is 23.3 Å². The third-order valence-electron chi connectivity index (χ3n) is 3.23. The summed E-state index contributed by atoms with van der Waals surface area (Å²) in [4.78, 5) is 0. The molecule has 2 aliphatic rings. The molecule has 1 saturated heterocycles. The number of fused-ring (bicyclic) bond motifs is 1. The fourth-order valence-electron chi connectivity index (χ4n) is 2.41. The van der Waals surface area contributed by atoms with Crippen LogP contribution in [0.3, 0.4) is 0 Å². The highest BCUT2D eigenvalue weighted by molar-refractivity contribution is 5.56. The van der Waals surface area contributed by atoms with Crippen LogP contribution in [0.4, 0.5) is 4.39 Å². The lowest BCUT2D eigenvalue weighted by Crippen LogP contribution is -2.34. The second-order valence-corrected chi connectivity index (χ2v) is 4.39. The number of hydrogen-bond donors (Lipinski definition) is 1. The van der Waals surface area contributed by atoms with Gasteiger partial charge in [-0.3, -0.25) is 0 Å². The second-order valence-electron chi connectivity index (χ2n) is 4.39. The minimum Gasteiger partial charge on any atom is -0.493 e. The van der Waals surface area contributed by atoms with Crippen molar-refractivity contribution in [1.29, 1.82) is 0 Å². The van der Waals surface area contributed by atoms with Gasteiger partial charge in [0.05, 0.1) is 19.3 Å². The molecule has 5 nitrogen and oxygen atoms in total. The molecule has 1 aromatic carbocycles. The molecule has 2 heterocycles. The van der Waals surface area contributed by atoms with E-state index in [1.807, 2.05) is 0 Å². The first kappa shape index (κ1) is 12.5. The number of morpholine rings is 1. The molecule has 6 heteroatoms. The van der Waals surface area contributed by atoms with Crippen LogP contribution in [0.5, 0.6) is 17.2 Å². The smallest absolute Gasteiger partial charge is 0.171 e. The van der Waals surface area contributed by atoms with Gasteiger partial charge >= 0.3 is 0 Å². The number of methoxy groups -OCH3 is 1. The van der Waals surface area contributed by atoms with Gasteiger partial charge in [-0.15, -0.1) is 0 Å². The van der Waals surface area contributed by atoms with Crippen LogP contribution < -0.4 is 19.5 Å². The van der Waals surface area contributed by atoms with Crippen molar-refractivity contribution in [3.8, 4) is 17.2 Å². The lowest BCUT2D eigenvalue weighted by atomic mass is 10.0. The largest absolute Gasteiger partial charge is 0.493 e. The molecular weight excluding hydrogens is 253 g/mol. The van der Waals surface area contributed by atoms with Gasteiger partial charge in [0, 0.05) is 19.2 Å². The summed E-state index contributed by atoms with van der Waals surface area (Å²) in [5, 5.41) is 3.21. The summed E-state index contributed by atoms with van der Waals surface area (Å²) >= 11 is 0. The standard InChI is InChI=1S/C13H16FNO4/c1-16-12-8(14)6-9-13(19-5-4-18-9)11(12)10-7-15-2-3-17-10/h6,10,15H,2-5,7H2,1H3. The first-order chi connectivity index (χ1) is 9.31. The molecule has 19 heavy (non-hydrogen) atoms. The molecular formula is C13H16FNO4. The zero-order valence-corrected chi connectivity index (χ0v) is 10.7. The van der Waals surface area contributed by atoms with Crippen LogP contribution in [0, 0.1) is 5.82 Å². The Morgan fingerprint density at radius 3 is 2.89 bits per heavy atom. The zero-order chi connectivity index (χ0) is 13.2. The van der Waals surface area contributed by atoms with E-state index in [4.69, 9.17) is 18.9 Å². The average Bonchev–Trinajstić information content (AvgIpc) is 2.46. The highest BCUT2D eigenvalue weighted by Crippen LogP contribution is 2.45. The number of halogens is 1. The van der Waals surface area contributed by atoms with E-state index in [0.717, 1.165) is 6.54 Å². The van der Waals surface area contributed by atoms with Crippen LogP contribution in [-0.4, -0.2) is 40.0 Å². The summed E-state index contributed by atoms with van der Waals surface area (Å²) in [6.07, 6.45) is -0.296. The summed E-state index contributed by atoms with van der Waals surface area (Å²) < 4.78 is 36.0. The van der Waals surface area contributed by atoms with Crippen molar-refractivity contribution in [2.75, 3.05) is 40.0 Å². The number of ether oxygens (including phenoxy) is 4. The fourth-order valence-corrected chi connectivity index (χ4v) is 2.41. The molecule has 1 N–H and O–H groups in total. The highest BCUT2D eigenvalue weighted by Gasteiger charge is 2.31. The van der Waals surface area contributed by atoms with E-state index in [0.29, 0.717) is 43.4 Å². The first-order valence-electron chi connectivity index (χ1n) is 6.29. The molecule has 1 fully saturated rings. The lowest BCUT2D eigenvalue weighted by Gasteiger charge is -2.29. The average molecular weight is 269 g/mol.